The van der Waals surface area contributed by atoms with Gasteiger partial charge in [-0.05, 0) is 49.3 Å². The molecule has 1 N–H and O–H groups in total. The van der Waals surface area contributed by atoms with E-state index >= 15 is 0 Å². The molecule has 3 rings (SSSR count). The molecule has 1 amide bonds. The van der Waals surface area contributed by atoms with E-state index in [4.69, 9.17) is 0 Å². The van der Waals surface area contributed by atoms with Crippen molar-refractivity contribution in [2.45, 2.75) is 25.9 Å². The Morgan fingerprint density at radius 3 is 2.50 bits per heavy atom. The molecule has 0 aromatic heterocycles. The average molecular weight is 413 g/mol. The second kappa shape index (κ2) is 11.1. The molecule has 0 aliphatic carbocycles. The van der Waals surface area contributed by atoms with Gasteiger partial charge in [0.1, 0.15) is 5.82 Å². The summed E-state index contributed by atoms with van der Waals surface area (Å²) in [5, 5.41) is 3.32. The van der Waals surface area contributed by atoms with E-state index in [1.807, 2.05) is 18.0 Å². The van der Waals surface area contributed by atoms with Crippen LogP contribution in [-0.4, -0.2) is 62.5 Å². The zero-order valence-electron chi connectivity index (χ0n) is 18.1. The molecule has 0 bridgehead atoms. The number of carbonyl (C=O) groups excluding carboxylic acids is 1. The van der Waals surface area contributed by atoms with Crippen LogP contribution in [0.5, 0.6) is 0 Å². The molecule has 0 unspecified atom stereocenters. The van der Waals surface area contributed by atoms with Crippen LogP contribution in [0.2, 0.25) is 0 Å². The van der Waals surface area contributed by atoms with Gasteiger partial charge < -0.3 is 20.0 Å². The summed E-state index contributed by atoms with van der Waals surface area (Å²) >= 11 is 0. The predicted octanol–water partition coefficient (Wildman–Crippen LogP) is 3.11. The van der Waals surface area contributed by atoms with E-state index in [0.29, 0.717) is 19.5 Å². The molecule has 0 radical (unpaired) electrons. The summed E-state index contributed by atoms with van der Waals surface area (Å²) in [7, 11) is 4.04. The van der Waals surface area contributed by atoms with Crippen LogP contribution in [0.15, 0.2) is 48.5 Å². The smallest absolute Gasteiger partial charge is 0.222 e. The number of para-hydroxylation sites is 1. The van der Waals surface area contributed by atoms with Gasteiger partial charge in [-0.25, -0.2) is 4.39 Å². The van der Waals surface area contributed by atoms with Crippen molar-refractivity contribution in [3.05, 3.63) is 65.5 Å². The summed E-state index contributed by atoms with van der Waals surface area (Å²) in [6.45, 7) is 6.24. The van der Waals surface area contributed by atoms with E-state index in [-0.39, 0.29) is 11.7 Å². The Hall–Kier alpha value is -2.44. The molecule has 0 spiro atoms. The van der Waals surface area contributed by atoms with E-state index in [0.717, 1.165) is 44.7 Å². The van der Waals surface area contributed by atoms with E-state index in [2.05, 4.69) is 40.4 Å². The van der Waals surface area contributed by atoms with Crippen molar-refractivity contribution >= 4 is 11.6 Å². The summed E-state index contributed by atoms with van der Waals surface area (Å²) in [5.41, 5.74) is 3.49. The highest BCUT2D eigenvalue weighted by Gasteiger charge is 2.18. The van der Waals surface area contributed by atoms with E-state index in [1.165, 1.54) is 23.4 Å². The minimum atomic E-state index is -0.221. The van der Waals surface area contributed by atoms with Gasteiger partial charge in [0.2, 0.25) is 5.91 Å². The van der Waals surface area contributed by atoms with Gasteiger partial charge in [0, 0.05) is 58.4 Å². The third kappa shape index (κ3) is 6.54. The number of nitrogens with one attached hydrogen (secondary N) is 1. The Labute approximate surface area is 179 Å². The number of hydrogen-bond donors (Lipinski definition) is 1. The normalized spacial score (nSPS) is 14.7. The Morgan fingerprint density at radius 1 is 1.07 bits per heavy atom. The lowest BCUT2D eigenvalue weighted by atomic mass is 10.1. The van der Waals surface area contributed by atoms with Crippen molar-refractivity contribution < 1.29 is 9.18 Å². The molecule has 1 aliphatic heterocycles. The van der Waals surface area contributed by atoms with Gasteiger partial charge in [-0.15, -0.1) is 0 Å². The van der Waals surface area contributed by atoms with Gasteiger partial charge in [0.25, 0.3) is 0 Å². The number of hydrogen-bond acceptors (Lipinski definition) is 4. The largest absolute Gasteiger partial charge is 0.369 e. The van der Waals surface area contributed by atoms with Crippen molar-refractivity contribution in [2.24, 2.45) is 0 Å². The van der Waals surface area contributed by atoms with Gasteiger partial charge in [-0.3, -0.25) is 4.79 Å². The van der Waals surface area contributed by atoms with Gasteiger partial charge in [0.05, 0.1) is 0 Å². The Balaban J connectivity index is 1.42. The molecule has 162 valence electrons. The molecule has 1 heterocycles. The van der Waals surface area contributed by atoms with Crippen LogP contribution in [0.25, 0.3) is 0 Å². The first-order valence-corrected chi connectivity index (χ1v) is 10.7. The second-order valence-corrected chi connectivity index (χ2v) is 8.08. The fraction of sp³-hybridized carbons (Fsp3) is 0.458. The molecule has 2 aromatic rings. The number of rotatable bonds is 9. The minimum absolute atomic E-state index is 0.159. The molecule has 5 nitrogen and oxygen atoms in total. The molecule has 2 aromatic carbocycles. The zero-order chi connectivity index (χ0) is 21.3. The average Bonchev–Trinajstić information content (AvgIpc) is 2.75. The Morgan fingerprint density at radius 2 is 1.77 bits per heavy atom. The van der Waals surface area contributed by atoms with Crippen molar-refractivity contribution in [1.82, 2.24) is 15.1 Å². The first-order chi connectivity index (χ1) is 14.5. The number of anilines is 1. The van der Waals surface area contributed by atoms with Crippen LogP contribution in [-0.2, 0) is 17.9 Å². The highest BCUT2D eigenvalue weighted by Crippen LogP contribution is 2.23. The molecular formula is C24H33FN4O. The molecule has 30 heavy (non-hydrogen) atoms. The van der Waals surface area contributed by atoms with Crippen LogP contribution >= 0.6 is 0 Å². The molecule has 1 saturated heterocycles. The van der Waals surface area contributed by atoms with Crippen LogP contribution in [0, 0.1) is 5.82 Å². The maximum absolute atomic E-state index is 12.9. The first-order valence-electron chi connectivity index (χ1n) is 10.7. The number of piperazine rings is 1. The second-order valence-electron chi connectivity index (χ2n) is 8.08. The molecule has 0 atom stereocenters. The lowest BCUT2D eigenvalue weighted by Crippen LogP contribution is -2.45. The topological polar surface area (TPSA) is 38.8 Å². The third-order valence-electron chi connectivity index (χ3n) is 5.66. The SMILES string of the molecule is CN1CCN(c2ccccc2CN(C)C(=O)CCCNCc2ccc(F)cc2)CC1. The standard InChI is InChI=1S/C24H33FN4O/c1-27-14-16-29(17-15-27)23-7-4-3-6-21(23)19-28(2)24(30)8-5-13-26-18-20-9-11-22(25)12-10-20/h3-4,6-7,9-12,26H,5,8,13-19H2,1-2H3. The van der Waals surface area contributed by atoms with Crippen molar-refractivity contribution in [2.75, 3.05) is 51.7 Å². The van der Waals surface area contributed by atoms with Crippen LogP contribution in [0.1, 0.15) is 24.0 Å². The summed E-state index contributed by atoms with van der Waals surface area (Å²) in [6.07, 6.45) is 1.30. The Kier molecular flexibility index (Phi) is 8.22. The summed E-state index contributed by atoms with van der Waals surface area (Å²) in [4.78, 5) is 19.2. The monoisotopic (exact) mass is 412 g/mol. The number of amides is 1. The first kappa shape index (κ1) is 22.2. The fourth-order valence-electron chi connectivity index (χ4n) is 3.73. The van der Waals surface area contributed by atoms with Crippen molar-refractivity contribution in [3.8, 4) is 0 Å². The number of halogens is 1. The number of benzene rings is 2. The summed E-state index contributed by atoms with van der Waals surface area (Å²) < 4.78 is 12.9. The van der Waals surface area contributed by atoms with Crippen LogP contribution in [0.3, 0.4) is 0 Å². The van der Waals surface area contributed by atoms with Crippen LogP contribution < -0.4 is 10.2 Å². The van der Waals surface area contributed by atoms with Crippen molar-refractivity contribution in [3.63, 3.8) is 0 Å². The highest BCUT2D eigenvalue weighted by atomic mass is 19.1. The van der Waals surface area contributed by atoms with Crippen molar-refractivity contribution in [1.29, 1.82) is 0 Å². The quantitative estimate of drug-likeness (QED) is 0.643. The minimum Gasteiger partial charge on any atom is -0.369 e. The molecular weight excluding hydrogens is 379 g/mol. The van der Waals surface area contributed by atoms with Gasteiger partial charge in [-0.1, -0.05) is 30.3 Å². The van der Waals surface area contributed by atoms with Crippen LogP contribution in [0.4, 0.5) is 10.1 Å². The maximum atomic E-state index is 12.9. The maximum Gasteiger partial charge on any atom is 0.222 e. The van der Waals surface area contributed by atoms with Gasteiger partial charge >= 0.3 is 0 Å². The van der Waals surface area contributed by atoms with E-state index in [1.54, 1.807) is 12.1 Å². The Bertz CT molecular complexity index is 803. The molecule has 6 heteroatoms. The fourth-order valence-corrected chi connectivity index (χ4v) is 3.73. The molecule has 0 saturated carbocycles. The van der Waals surface area contributed by atoms with E-state index < -0.39 is 0 Å². The number of likely N-dealkylation sites (N-methyl/N-ethyl adjacent to an activating group) is 1. The zero-order valence-corrected chi connectivity index (χ0v) is 18.1. The van der Waals surface area contributed by atoms with Gasteiger partial charge in [-0.2, -0.15) is 0 Å². The molecule has 1 aliphatic rings. The predicted molar refractivity (Wildman–Crippen MR) is 120 cm³/mol. The number of nitrogens with zero attached hydrogens (tertiary/aromatic N) is 3. The van der Waals surface area contributed by atoms with E-state index in [9.17, 15) is 9.18 Å². The lowest BCUT2D eigenvalue weighted by Gasteiger charge is -2.35. The van der Waals surface area contributed by atoms with Gasteiger partial charge in [0.15, 0.2) is 0 Å². The highest BCUT2D eigenvalue weighted by molar-refractivity contribution is 5.76. The summed E-state index contributed by atoms with van der Waals surface area (Å²) in [6, 6.07) is 14.9. The number of carbonyl (C=O) groups is 1. The lowest BCUT2D eigenvalue weighted by molar-refractivity contribution is -0.130. The third-order valence-corrected chi connectivity index (χ3v) is 5.66. The molecule has 1 fully saturated rings. The summed E-state index contributed by atoms with van der Waals surface area (Å²) in [5.74, 6) is -0.0617.